The fourth-order valence-electron chi connectivity index (χ4n) is 2.93. The van der Waals surface area contributed by atoms with Crippen molar-refractivity contribution in [2.24, 2.45) is 0 Å². The summed E-state index contributed by atoms with van der Waals surface area (Å²) >= 11 is 18.1. The highest BCUT2D eigenvalue weighted by molar-refractivity contribution is 6.40. The molecule has 0 aliphatic rings. The number of nitrogens with zero attached hydrogens (tertiary/aromatic N) is 4. The van der Waals surface area contributed by atoms with E-state index in [-0.39, 0.29) is 16.1 Å². The van der Waals surface area contributed by atoms with Gasteiger partial charge in [0.25, 0.3) is 5.91 Å². The Bertz CT molecular complexity index is 1170. The maximum atomic E-state index is 12.8. The molecular weight excluding hydrogens is 435 g/mol. The largest absolute Gasteiger partial charge is 0.352 e. The summed E-state index contributed by atoms with van der Waals surface area (Å²) in [5, 5.41) is 3.76. The number of hydrogen-bond acceptors (Lipinski definition) is 4. The van der Waals surface area contributed by atoms with E-state index in [0.29, 0.717) is 47.2 Å². The van der Waals surface area contributed by atoms with Gasteiger partial charge in [0.2, 0.25) is 0 Å². The summed E-state index contributed by atoms with van der Waals surface area (Å²) in [7, 11) is 0. The highest BCUT2D eigenvalue weighted by Crippen LogP contribution is 2.26. The summed E-state index contributed by atoms with van der Waals surface area (Å²) in [6, 6.07) is 9.59. The van der Waals surface area contributed by atoms with Gasteiger partial charge >= 0.3 is 0 Å². The number of imidazole rings is 2. The average Bonchev–Trinajstić information content (AvgIpc) is 3.30. The standard InChI is InChI=1S/C19H15Cl3N6O/c20-12-9-24-18-14(26-17(27-18)11-5-2-1-3-6-11)13(12)19(29)23-7-4-8-28-10-25-15(21)16(28)22/h1-3,5-6,9-10H,4,7-8H2,(H,23,29)(H,24,26,27). The zero-order valence-corrected chi connectivity index (χ0v) is 17.3. The van der Waals surface area contributed by atoms with Gasteiger partial charge in [0, 0.05) is 24.8 Å². The van der Waals surface area contributed by atoms with Crippen LogP contribution in [0.3, 0.4) is 0 Å². The number of carbonyl (C=O) groups is 1. The molecule has 0 radical (unpaired) electrons. The minimum absolute atomic E-state index is 0.252. The number of aromatic nitrogens is 5. The molecule has 2 N–H and O–H groups in total. The first-order chi connectivity index (χ1) is 14.0. The lowest BCUT2D eigenvalue weighted by molar-refractivity contribution is 0.0954. The molecule has 1 amide bonds. The molecule has 4 rings (SSSR count). The van der Waals surface area contributed by atoms with E-state index in [2.05, 4.69) is 25.3 Å². The summed E-state index contributed by atoms with van der Waals surface area (Å²) in [6.45, 7) is 0.991. The SMILES string of the molecule is O=C(NCCCn1cnc(Cl)c1Cl)c1c(Cl)cnc2nc(-c3ccccc3)[nH]c12. The van der Waals surface area contributed by atoms with E-state index in [0.717, 1.165) is 5.56 Å². The van der Waals surface area contributed by atoms with Crippen LogP contribution in [0.4, 0.5) is 0 Å². The number of aryl methyl sites for hydroxylation is 1. The molecule has 3 aromatic heterocycles. The number of fused-ring (bicyclic) bond motifs is 1. The van der Waals surface area contributed by atoms with E-state index in [9.17, 15) is 4.79 Å². The fourth-order valence-corrected chi connectivity index (χ4v) is 3.48. The van der Waals surface area contributed by atoms with Crippen LogP contribution in [0.15, 0.2) is 42.9 Å². The first-order valence-electron chi connectivity index (χ1n) is 8.78. The highest BCUT2D eigenvalue weighted by Gasteiger charge is 2.19. The van der Waals surface area contributed by atoms with Crippen molar-refractivity contribution in [2.45, 2.75) is 13.0 Å². The second-order valence-electron chi connectivity index (χ2n) is 6.26. The van der Waals surface area contributed by atoms with Gasteiger partial charge in [-0.15, -0.1) is 0 Å². The topological polar surface area (TPSA) is 88.5 Å². The molecule has 0 spiro atoms. The second-order valence-corrected chi connectivity index (χ2v) is 7.38. The molecule has 0 bridgehead atoms. The van der Waals surface area contributed by atoms with Gasteiger partial charge < -0.3 is 14.9 Å². The van der Waals surface area contributed by atoms with Gasteiger partial charge in [-0.3, -0.25) is 4.79 Å². The summed E-state index contributed by atoms with van der Waals surface area (Å²) in [6.07, 6.45) is 3.63. The van der Waals surface area contributed by atoms with Crippen molar-refractivity contribution in [3.05, 3.63) is 63.7 Å². The van der Waals surface area contributed by atoms with E-state index in [4.69, 9.17) is 34.8 Å². The molecule has 0 unspecified atom stereocenters. The molecule has 0 saturated heterocycles. The summed E-state index contributed by atoms with van der Waals surface area (Å²) in [4.78, 5) is 28.6. The van der Waals surface area contributed by atoms with Crippen molar-refractivity contribution < 1.29 is 4.79 Å². The van der Waals surface area contributed by atoms with E-state index in [1.165, 1.54) is 6.20 Å². The van der Waals surface area contributed by atoms with Gasteiger partial charge in [-0.25, -0.2) is 15.0 Å². The quantitative estimate of drug-likeness (QED) is 0.421. The zero-order chi connectivity index (χ0) is 20.4. The molecule has 0 aliphatic heterocycles. The maximum Gasteiger partial charge on any atom is 0.255 e. The van der Waals surface area contributed by atoms with Crippen LogP contribution in [0.2, 0.25) is 15.3 Å². The van der Waals surface area contributed by atoms with Crippen LogP contribution in [0.5, 0.6) is 0 Å². The lowest BCUT2D eigenvalue weighted by Gasteiger charge is -2.08. The van der Waals surface area contributed by atoms with Gasteiger partial charge in [0.15, 0.2) is 10.8 Å². The van der Waals surface area contributed by atoms with Crippen LogP contribution in [-0.2, 0) is 6.54 Å². The Morgan fingerprint density at radius 1 is 1.14 bits per heavy atom. The molecule has 148 valence electrons. The monoisotopic (exact) mass is 448 g/mol. The third-order valence-electron chi connectivity index (χ3n) is 4.34. The summed E-state index contributed by atoms with van der Waals surface area (Å²) in [5.41, 5.74) is 2.13. The third kappa shape index (κ3) is 4.07. The van der Waals surface area contributed by atoms with Crippen LogP contribution >= 0.6 is 34.8 Å². The van der Waals surface area contributed by atoms with E-state index >= 15 is 0 Å². The molecule has 29 heavy (non-hydrogen) atoms. The Hall–Kier alpha value is -2.61. The Morgan fingerprint density at radius 2 is 1.93 bits per heavy atom. The first-order valence-corrected chi connectivity index (χ1v) is 9.92. The number of H-pyrrole nitrogens is 1. The normalized spacial score (nSPS) is 11.1. The van der Waals surface area contributed by atoms with Crippen molar-refractivity contribution in [3.8, 4) is 11.4 Å². The number of aromatic amines is 1. The molecule has 4 aromatic rings. The average molecular weight is 450 g/mol. The van der Waals surface area contributed by atoms with Gasteiger partial charge in [-0.1, -0.05) is 65.1 Å². The Balaban J connectivity index is 1.50. The first kappa shape index (κ1) is 19.7. The van der Waals surface area contributed by atoms with Crippen molar-refractivity contribution in [3.63, 3.8) is 0 Å². The minimum Gasteiger partial charge on any atom is -0.352 e. The summed E-state index contributed by atoms with van der Waals surface area (Å²) < 4.78 is 1.72. The number of nitrogens with one attached hydrogen (secondary N) is 2. The van der Waals surface area contributed by atoms with Gasteiger partial charge in [-0.2, -0.15) is 0 Å². The maximum absolute atomic E-state index is 12.8. The molecule has 0 aliphatic carbocycles. The molecule has 0 saturated carbocycles. The van der Waals surface area contributed by atoms with Crippen molar-refractivity contribution in [1.82, 2.24) is 29.8 Å². The van der Waals surface area contributed by atoms with Gasteiger partial charge in [-0.05, 0) is 6.42 Å². The highest BCUT2D eigenvalue weighted by atomic mass is 35.5. The number of benzene rings is 1. The smallest absolute Gasteiger partial charge is 0.255 e. The minimum atomic E-state index is -0.305. The summed E-state index contributed by atoms with van der Waals surface area (Å²) in [5.74, 6) is 0.316. The number of amides is 1. The van der Waals surface area contributed by atoms with E-state index < -0.39 is 0 Å². The number of pyridine rings is 1. The molecule has 0 fully saturated rings. The molecule has 1 aromatic carbocycles. The van der Waals surface area contributed by atoms with Crippen LogP contribution in [0, 0.1) is 0 Å². The molecule has 3 heterocycles. The van der Waals surface area contributed by atoms with E-state index in [1.54, 1.807) is 10.9 Å². The molecular formula is C19H15Cl3N6O. The predicted octanol–water partition coefficient (Wildman–Crippen LogP) is 4.60. The number of halogens is 3. The molecule has 7 nitrogen and oxygen atoms in total. The third-order valence-corrected chi connectivity index (χ3v) is 5.40. The van der Waals surface area contributed by atoms with Crippen molar-refractivity contribution in [1.29, 1.82) is 0 Å². The van der Waals surface area contributed by atoms with Crippen LogP contribution < -0.4 is 5.32 Å². The van der Waals surface area contributed by atoms with Crippen LogP contribution in [0.25, 0.3) is 22.6 Å². The van der Waals surface area contributed by atoms with E-state index in [1.807, 2.05) is 30.3 Å². The zero-order valence-electron chi connectivity index (χ0n) is 15.0. The van der Waals surface area contributed by atoms with Gasteiger partial charge in [0.05, 0.1) is 22.4 Å². The second kappa shape index (κ2) is 8.41. The Kier molecular flexibility index (Phi) is 5.71. The fraction of sp³-hybridized carbons (Fsp3) is 0.158. The van der Waals surface area contributed by atoms with Crippen molar-refractivity contribution >= 4 is 51.9 Å². The number of rotatable bonds is 6. The Morgan fingerprint density at radius 3 is 2.66 bits per heavy atom. The van der Waals surface area contributed by atoms with Crippen molar-refractivity contribution in [2.75, 3.05) is 6.54 Å². The lowest BCUT2D eigenvalue weighted by atomic mass is 10.2. The number of hydrogen-bond donors (Lipinski definition) is 2. The number of carbonyl (C=O) groups excluding carboxylic acids is 1. The predicted molar refractivity (Wildman–Crippen MR) is 114 cm³/mol. The van der Waals surface area contributed by atoms with Crippen LogP contribution in [-0.4, -0.2) is 37.0 Å². The van der Waals surface area contributed by atoms with Crippen LogP contribution in [0.1, 0.15) is 16.8 Å². The molecule has 0 atom stereocenters. The Labute approximate surface area is 181 Å². The molecule has 10 heteroatoms. The van der Waals surface area contributed by atoms with Gasteiger partial charge in [0.1, 0.15) is 11.0 Å². The lowest BCUT2D eigenvalue weighted by Crippen LogP contribution is -2.26.